The Morgan fingerprint density at radius 1 is 1.20 bits per heavy atom. The highest BCUT2D eigenvalue weighted by molar-refractivity contribution is 8.01. The summed E-state index contributed by atoms with van der Waals surface area (Å²) in [5.41, 5.74) is 4.95. The summed E-state index contributed by atoms with van der Waals surface area (Å²) < 4.78 is 12.3. The van der Waals surface area contributed by atoms with Gasteiger partial charge < -0.3 is 9.47 Å². The lowest BCUT2D eigenvalue weighted by atomic mass is 10.1. The molecule has 0 aliphatic rings. The van der Waals surface area contributed by atoms with E-state index < -0.39 is 4.92 Å². The molecule has 0 saturated heterocycles. The number of carbonyl (C=O) groups excluding carboxylic acids is 1. The Kier molecular flexibility index (Phi) is 9.56. The van der Waals surface area contributed by atoms with Crippen molar-refractivity contribution < 1.29 is 19.2 Å². The Hall–Kier alpha value is -3.51. The van der Waals surface area contributed by atoms with E-state index in [1.807, 2.05) is 26.0 Å². The molecule has 184 valence electrons. The fraction of sp³-hybridized carbons (Fsp3) is 0.304. The lowest BCUT2D eigenvalue weighted by Crippen LogP contribution is -2.19. The molecule has 1 N–H and O–H groups in total. The Balaban J connectivity index is 1.57. The van der Waals surface area contributed by atoms with Gasteiger partial charge in [0.25, 0.3) is 11.6 Å². The molecule has 12 heteroatoms. The van der Waals surface area contributed by atoms with Gasteiger partial charge in [0.05, 0.1) is 16.9 Å². The first-order chi connectivity index (χ1) is 16.8. The summed E-state index contributed by atoms with van der Waals surface area (Å²) in [5.74, 6) is 0.917. The average Bonchev–Trinajstić information content (AvgIpc) is 3.25. The average molecular weight is 516 g/mol. The molecule has 0 aliphatic carbocycles. The van der Waals surface area contributed by atoms with Gasteiger partial charge in [-0.3, -0.25) is 14.9 Å². The molecule has 0 unspecified atom stereocenters. The van der Waals surface area contributed by atoms with Crippen molar-refractivity contribution in [3.8, 4) is 11.5 Å². The van der Waals surface area contributed by atoms with Gasteiger partial charge in [0.2, 0.25) is 0 Å². The minimum Gasteiger partial charge on any atom is -0.490 e. The highest BCUT2D eigenvalue weighted by Crippen LogP contribution is 2.24. The van der Waals surface area contributed by atoms with E-state index in [1.165, 1.54) is 53.1 Å². The topological polar surface area (TPSA) is 129 Å². The monoisotopic (exact) mass is 515 g/mol. The second-order valence-corrected chi connectivity index (χ2v) is 9.76. The highest BCUT2D eigenvalue weighted by Gasteiger charge is 2.12. The van der Waals surface area contributed by atoms with Gasteiger partial charge in [0, 0.05) is 17.7 Å². The summed E-state index contributed by atoms with van der Waals surface area (Å²) in [5, 5.41) is 23.8. The molecule has 1 heterocycles. The number of carbonyl (C=O) groups is 1. The number of nitro groups is 1. The first-order valence-corrected chi connectivity index (χ1v) is 12.5. The van der Waals surface area contributed by atoms with Crippen LogP contribution in [0.3, 0.4) is 0 Å². The predicted molar refractivity (Wildman–Crippen MR) is 136 cm³/mol. The van der Waals surface area contributed by atoms with Crippen LogP contribution < -0.4 is 14.9 Å². The van der Waals surface area contributed by atoms with Crippen molar-refractivity contribution in [3.05, 3.63) is 68.2 Å². The lowest BCUT2D eigenvalue weighted by Gasteiger charge is -2.11. The Morgan fingerprint density at radius 2 is 2.00 bits per heavy atom. The van der Waals surface area contributed by atoms with Gasteiger partial charge in [-0.2, -0.15) is 5.10 Å². The standard InChI is InChI=1S/C23H25N5O5S2/c1-4-17-9-15(2)10-20(11-17)32-7-8-33-21-6-5-19(28(30)31)12-18(21)13-24-26-22(29)14-34-23-27-25-16(3)35-23/h5-6,9-13H,4,7-8,14H2,1-3H3,(H,26,29)/b24-13+. The first kappa shape index (κ1) is 26.1. The largest absolute Gasteiger partial charge is 0.490 e. The van der Waals surface area contributed by atoms with E-state index in [2.05, 4.69) is 33.7 Å². The minimum absolute atomic E-state index is 0.111. The van der Waals surface area contributed by atoms with E-state index in [0.717, 1.165) is 22.7 Å². The summed E-state index contributed by atoms with van der Waals surface area (Å²) in [6.07, 6.45) is 2.23. The van der Waals surface area contributed by atoms with E-state index in [0.29, 0.717) is 22.3 Å². The smallest absolute Gasteiger partial charge is 0.270 e. The normalized spacial score (nSPS) is 10.9. The van der Waals surface area contributed by atoms with Crippen molar-refractivity contribution in [1.29, 1.82) is 0 Å². The molecule has 3 aromatic rings. The molecule has 3 rings (SSSR count). The molecular weight excluding hydrogens is 490 g/mol. The molecule has 0 radical (unpaired) electrons. The van der Waals surface area contributed by atoms with Crippen LogP contribution in [-0.4, -0.2) is 46.2 Å². The maximum atomic E-state index is 12.0. The summed E-state index contributed by atoms with van der Waals surface area (Å²) in [6, 6.07) is 10.2. The van der Waals surface area contributed by atoms with Gasteiger partial charge in [0.15, 0.2) is 4.34 Å². The number of benzene rings is 2. The van der Waals surface area contributed by atoms with Crippen LogP contribution in [-0.2, 0) is 11.2 Å². The Morgan fingerprint density at radius 3 is 2.71 bits per heavy atom. The second kappa shape index (κ2) is 12.8. The van der Waals surface area contributed by atoms with Crippen molar-refractivity contribution in [2.24, 2.45) is 5.10 Å². The molecular formula is C23H25N5O5S2. The quantitative estimate of drug-likeness (QED) is 0.124. The highest BCUT2D eigenvalue weighted by atomic mass is 32.2. The minimum atomic E-state index is -0.507. The molecule has 0 aliphatic heterocycles. The van der Waals surface area contributed by atoms with Gasteiger partial charge in [0.1, 0.15) is 29.7 Å². The number of amides is 1. The van der Waals surface area contributed by atoms with Crippen LogP contribution in [0.25, 0.3) is 0 Å². The third-order valence-electron chi connectivity index (χ3n) is 4.56. The number of hydrazone groups is 1. The van der Waals surface area contributed by atoms with E-state index in [1.54, 1.807) is 0 Å². The Labute approximate surface area is 210 Å². The number of nitrogens with one attached hydrogen (secondary N) is 1. The molecule has 0 fully saturated rings. The number of aryl methyl sites for hydroxylation is 3. The van der Waals surface area contributed by atoms with E-state index in [4.69, 9.17) is 9.47 Å². The number of aromatic nitrogens is 2. The third kappa shape index (κ3) is 8.34. The van der Waals surface area contributed by atoms with Crippen molar-refractivity contribution in [1.82, 2.24) is 15.6 Å². The molecule has 2 aromatic carbocycles. The number of ether oxygens (including phenoxy) is 2. The number of nitro benzene ring substituents is 1. The van der Waals surface area contributed by atoms with Gasteiger partial charge in [-0.15, -0.1) is 10.2 Å². The van der Waals surface area contributed by atoms with Crippen LogP contribution in [0.1, 0.15) is 28.6 Å². The van der Waals surface area contributed by atoms with Crippen LogP contribution >= 0.6 is 23.1 Å². The number of nitrogens with zero attached hydrogens (tertiary/aromatic N) is 4. The zero-order valence-electron chi connectivity index (χ0n) is 19.5. The van der Waals surface area contributed by atoms with E-state index >= 15 is 0 Å². The second-order valence-electron chi connectivity index (χ2n) is 7.35. The molecule has 0 saturated carbocycles. The molecule has 0 bridgehead atoms. The van der Waals surface area contributed by atoms with Crippen LogP contribution in [0.5, 0.6) is 11.5 Å². The fourth-order valence-corrected chi connectivity index (χ4v) is 4.58. The molecule has 0 spiro atoms. The maximum absolute atomic E-state index is 12.0. The van der Waals surface area contributed by atoms with Gasteiger partial charge in [-0.25, -0.2) is 5.43 Å². The molecule has 10 nitrogen and oxygen atoms in total. The zero-order valence-corrected chi connectivity index (χ0v) is 21.1. The van der Waals surface area contributed by atoms with Crippen LogP contribution in [0.15, 0.2) is 45.8 Å². The first-order valence-electron chi connectivity index (χ1n) is 10.7. The molecule has 1 aromatic heterocycles. The van der Waals surface area contributed by atoms with Gasteiger partial charge in [-0.05, 0) is 49.6 Å². The van der Waals surface area contributed by atoms with Crippen LogP contribution in [0.4, 0.5) is 5.69 Å². The van der Waals surface area contributed by atoms with Crippen molar-refractivity contribution in [3.63, 3.8) is 0 Å². The number of hydrogen-bond acceptors (Lipinski definition) is 10. The number of thioether (sulfide) groups is 1. The summed E-state index contributed by atoms with van der Waals surface area (Å²) in [4.78, 5) is 22.7. The Bertz CT molecular complexity index is 1210. The SMILES string of the molecule is CCc1cc(C)cc(OCCOc2ccc([N+](=O)[O-])cc2/C=N/NC(=O)CSc2nnc(C)s2)c1. The van der Waals surface area contributed by atoms with Crippen LogP contribution in [0.2, 0.25) is 0 Å². The van der Waals surface area contributed by atoms with E-state index in [-0.39, 0.29) is 24.0 Å². The molecule has 35 heavy (non-hydrogen) atoms. The number of rotatable bonds is 12. The molecule has 0 atom stereocenters. The van der Waals surface area contributed by atoms with Crippen molar-refractivity contribution in [2.75, 3.05) is 19.0 Å². The van der Waals surface area contributed by atoms with Crippen LogP contribution in [0, 0.1) is 24.0 Å². The van der Waals surface area contributed by atoms with Gasteiger partial charge >= 0.3 is 0 Å². The summed E-state index contributed by atoms with van der Waals surface area (Å²) in [7, 11) is 0. The third-order valence-corrected chi connectivity index (χ3v) is 6.53. The van der Waals surface area contributed by atoms with E-state index in [9.17, 15) is 14.9 Å². The summed E-state index contributed by atoms with van der Waals surface area (Å²) >= 11 is 2.65. The lowest BCUT2D eigenvalue weighted by molar-refractivity contribution is -0.384. The number of hydrogen-bond donors (Lipinski definition) is 1. The van der Waals surface area contributed by atoms with Crippen molar-refractivity contribution >= 4 is 40.9 Å². The molecule has 1 amide bonds. The van der Waals surface area contributed by atoms with Gasteiger partial charge in [-0.1, -0.05) is 36.1 Å². The summed E-state index contributed by atoms with van der Waals surface area (Å²) in [6.45, 7) is 6.44. The predicted octanol–water partition coefficient (Wildman–Crippen LogP) is 4.33. The zero-order chi connectivity index (χ0) is 25.2. The van der Waals surface area contributed by atoms with Crippen molar-refractivity contribution in [2.45, 2.75) is 31.5 Å². The number of non-ortho nitro benzene ring substituents is 1. The maximum Gasteiger partial charge on any atom is 0.270 e. The fourth-order valence-electron chi connectivity index (χ4n) is 2.98.